The van der Waals surface area contributed by atoms with E-state index in [1.54, 1.807) is 0 Å². The largest absolute Gasteiger partial charge is 0.393 e. The number of hydrogen-bond acceptors (Lipinski definition) is 3. The summed E-state index contributed by atoms with van der Waals surface area (Å²) in [5.41, 5.74) is -0.408. The smallest absolute Gasteiger partial charge is 0.0613 e. The van der Waals surface area contributed by atoms with E-state index in [-0.39, 0.29) is 17.6 Å². The molecule has 0 saturated heterocycles. The molecule has 0 aliphatic heterocycles. The predicted octanol–water partition coefficient (Wildman–Crippen LogP) is 3.13. The van der Waals surface area contributed by atoms with E-state index in [1.165, 1.54) is 12.8 Å². The number of hydrogen-bond donors (Lipinski definition) is 2. The Morgan fingerprint density at radius 3 is 2.65 bits per heavy atom. The van der Waals surface area contributed by atoms with Gasteiger partial charge in [0.25, 0.3) is 0 Å². The standard InChI is InChI=1S/C17H32O3/c1-12(20-11-10-16(2,3)19)13-7-8-14-15(18)6-5-9-17(13,14)4/h12-15,18-19H,5-11H2,1-4H3/t12?,13?,14?,15?,17-/m1/s1. The maximum absolute atomic E-state index is 10.3. The monoisotopic (exact) mass is 284 g/mol. The summed E-state index contributed by atoms with van der Waals surface area (Å²) in [4.78, 5) is 0. The summed E-state index contributed by atoms with van der Waals surface area (Å²) in [6.07, 6.45) is 6.43. The Balaban J connectivity index is 1.92. The lowest BCUT2D eigenvalue weighted by Crippen LogP contribution is -2.43. The van der Waals surface area contributed by atoms with Gasteiger partial charge in [-0.05, 0) is 70.1 Å². The number of aliphatic hydroxyl groups is 2. The highest BCUT2D eigenvalue weighted by Crippen LogP contribution is 2.56. The van der Waals surface area contributed by atoms with Gasteiger partial charge >= 0.3 is 0 Å². The lowest BCUT2D eigenvalue weighted by Gasteiger charge is -2.45. The molecule has 5 atom stereocenters. The zero-order chi connectivity index (χ0) is 15.0. The quantitative estimate of drug-likeness (QED) is 0.815. The Kier molecular flexibility index (Phi) is 4.83. The maximum atomic E-state index is 10.3. The number of fused-ring (bicyclic) bond motifs is 1. The molecule has 2 saturated carbocycles. The van der Waals surface area contributed by atoms with Crippen LogP contribution in [0.2, 0.25) is 0 Å². The van der Waals surface area contributed by atoms with Crippen LogP contribution >= 0.6 is 0 Å². The van der Waals surface area contributed by atoms with E-state index in [9.17, 15) is 10.2 Å². The molecule has 2 N–H and O–H groups in total. The SMILES string of the molecule is CC(OCCC(C)(C)O)C1CCC2C(O)CCC[C@@]21C. The highest BCUT2D eigenvalue weighted by Gasteiger charge is 2.52. The second-order valence-electron chi connectivity index (χ2n) is 7.89. The van der Waals surface area contributed by atoms with E-state index >= 15 is 0 Å². The van der Waals surface area contributed by atoms with E-state index in [0.717, 1.165) is 19.3 Å². The van der Waals surface area contributed by atoms with Crippen molar-refractivity contribution < 1.29 is 14.9 Å². The van der Waals surface area contributed by atoms with Gasteiger partial charge in [-0.3, -0.25) is 0 Å². The first kappa shape index (κ1) is 16.3. The molecule has 0 spiro atoms. The molecule has 2 fully saturated rings. The molecule has 0 aromatic carbocycles. The minimum atomic E-state index is -0.650. The lowest BCUT2D eigenvalue weighted by molar-refractivity contribution is -0.0725. The molecule has 2 aliphatic rings. The fourth-order valence-corrected chi connectivity index (χ4v) is 4.57. The van der Waals surface area contributed by atoms with Gasteiger partial charge < -0.3 is 14.9 Å². The molecule has 0 heterocycles. The van der Waals surface area contributed by atoms with Crippen molar-refractivity contribution in [2.24, 2.45) is 17.3 Å². The van der Waals surface area contributed by atoms with Gasteiger partial charge in [0, 0.05) is 6.61 Å². The zero-order valence-electron chi connectivity index (χ0n) is 13.6. The molecule has 0 radical (unpaired) electrons. The fraction of sp³-hybridized carbons (Fsp3) is 1.00. The topological polar surface area (TPSA) is 49.7 Å². The second-order valence-corrected chi connectivity index (χ2v) is 7.89. The first-order valence-electron chi connectivity index (χ1n) is 8.26. The third-order valence-electron chi connectivity index (χ3n) is 5.82. The Hall–Kier alpha value is -0.120. The van der Waals surface area contributed by atoms with E-state index in [4.69, 9.17) is 4.74 Å². The van der Waals surface area contributed by atoms with Crippen LogP contribution in [-0.2, 0) is 4.74 Å². The van der Waals surface area contributed by atoms with Crippen LogP contribution in [0.25, 0.3) is 0 Å². The average Bonchev–Trinajstić information content (AvgIpc) is 2.66. The molecule has 0 aromatic heterocycles. The lowest BCUT2D eigenvalue weighted by atomic mass is 9.63. The average molecular weight is 284 g/mol. The maximum Gasteiger partial charge on any atom is 0.0613 e. The molecule has 20 heavy (non-hydrogen) atoms. The second kappa shape index (κ2) is 5.94. The van der Waals surface area contributed by atoms with Crippen LogP contribution in [0, 0.1) is 17.3 Å². The van der Waals surface area contributed by atoms with Gasteiger partial charge in [-0.2, -0.15) is 0 Å². The van der Waals surface area contributed by atoms with Gasteiger partial charge in [0.2, 0.25) is 0 Å². The Bertz CT molecular complexity index is 323. The molecule has 118 valence electrons. The minimum absolute atomic E-state index is 0.109. The van der Waals surface area contributed by atoms with Crippen LogP contribution < -0.4 is 0 Å². The van der Waals surface area contributed by atoms with Crippen molar-refractivity contribution in [2.75, 3.05) is 6.61 Å². The van der Waals surface area contributed by atoms with Gasteiger partial charge in [0.15, 0.2) is 0 Å². The summed E-state index contributed by atoms with van der Waals surface area (Å²) in [5.74, 6) is 1.01. The molecule has 0 amide bonds. The van der Waals surface area contributed by atoms with E-state index in [2.05, 4.69) is 13.8 Å². The molecule has 0 aromatic rings. The van der Waals surface area contributed by atoms with Crippen LogP contribution in [-0.4, -0.2) is 34.6 Å². The number of aliphatic hydroxyl groups excluding tert-OH is 1. The Labute approximate surface area is 123 Å². The van der Waals surface area contributed by atoms with E-state index in [0.29, 0.717) is 24.9 Å². The highest BCUT2D eigenvalue weighted by molar-refractivity contribution is 5.02. The zero-order valence-corrected chi connectivity index (χ0v) is 13.6. The molecule has 2 aliphatic carbocycles. The molecular formula is C17H32O3. The Morgan fingerprint density at radius 2 is 2.00 bits per heavy atom. The van der Waals surface area contributed by atoms with E-state index in [1.807, 2.05) is 13.8 Å². The molecule has 4 unspecified atom stereocenters. The van der Waals surface area contributed by atoms with Crippen LogP contribution in [0.15, 0.2) is 0 Å². The van der Waals surface area contributed by atoms with Crippen molar-refractivity contribution in [1.29, 1.82) is 0 Å². The Morgan fingerprint density at radius 1 is 1.30 bits per heavy atom. The van der Waals surface area contributed by atoms with Gasteiger partial charge in [-0.1, -0.05) is 13.3 Å². The van der Waals surface area contributed by atoms with Gasteiger partial charge in [-0.25, -0.2) is 0 Å². The van der Waals surface area contributed by atoms with Crippen molar-refractivity contribution in [3.63, 3.8) is 0 Å². The highest BCUT2D eigenvalue weighted by atomic mass is 16.5. The van der Waals surface area contributed by atoms with E-state index < -0.39 is 5.60 Å². The normalized spacial score (nSPS) is 39.6. The third-order valence-corrected chi connectivity index (χ3v) is 5.82. The fourth-order valence-electron chi connectivity index (χ4n) is 4.57. The first-order chi connectivity index (χ1) is 9.24. The van der Waals surface area contributed by atoms with Crippen molar-refractivity contribution in [3.8, 4) is 0 Å². The summed E-state index contributed by atoms with van der Waals surface area (Å²) < 4.78 is 6.01. The number of ether oxygens (including phenoxy) is 1. The van der Waals surface area contributed by atoms with Crippen LogP contribution in [0.5, 0.6) is 0 Å². The number of rotatable bonds is 5. The predicted molar refractivity (Wildman–Crippen MR) is 80.5 cm³/mol. The first-order valence-corrected chi connectivity index (χ1v) is 8.26. The third kappa shape index (κ3) is 3.37. The van der Waals surface area contributed by atoms with Crippen molar-refractivity contribution in [1.82, 2.24) is 0 Å². The van der Waals surface area contributed by atoms with Crippen molar-refractivity contribution in [3.05, 3.63) is 0 Å². The van der Waals surface area contributed by atoms with Crippen molar-refractivity contribution in [2.45, 2.75) is 84.0 Å². The molecule has 2 rings (SSSR count). The van der Waals surface area contributed by atoms with Crippen LogP contribution in [0.4, 0.5) is 0 Å². The van der Waals surface area contributed by atoms with Gasteiger partial charge in [-0.15, -0.1) is 0 Å². The van der Waals surface area contributed by atoms with Crippen molar-refractivity contribution >= 4 is 0 Å². The minimum Gasteiger partial charge on any atom is -0.393 e. The summed E-state index contributed by atoms with van der Waals surface area (Å²) >= 11 is 0. The molecule has 3 nitrogen and oxygen atoms in total. The molecule has 0 bridgehead atoms. The van der Waals surface area contributed by atoms with Gasteiger partial charge in [0.1, 0.15) is 0 Å². The summed E-state index contributed by atoms with van der Waals surface area (Å²) in [5, 5.41) is 20.0. The molecular weight excluding hydrogens is 252 g/mol. The van der Waals surface area contributed by atoms with Gasteiger partial charge in [0.05, 0.1) is 17.8 Å². The summed E-state index contributed by atoms with van der Waals surface area (Å²) in [7, 11) is 0. The summed E-state index contributed by atoms with van der Waals surface area (Å²) in [6, 6.07) is 0. The molecule has 3 heteroatoms. The van der Waals surface area contributed by atoms with Crippen LogP contribution in [0.3, 0.4) is 0 Å². The summed E-state index contributed by atoms with van der Waals surface area (Å²) in [6.45, 7) is 8.79. The van der Waals surface area contributed by atoms with Crippen LogP contribution in [0.1, 0.15) is 66.2 Å².